The highest BCUT2D eigenvalue weighted by molar-refractivity contribution is 5.74. The van der Waals surface area contributed by atoms with Crippen LogP contribution in [0.15, 0.2) is 24.3 Å². The van der Waals surface area contributed by atoms with Crippen LogP contribution in [0.1, 0.15) is 5.56 Å². The van der Waals surface area contributed by atoms with E-state index in [0.29, 0.717) is 6.54 Å². The highest BCUT2D eigenvalue weighted by atomic mass is 15.0. The molecule has 0 spiro atoms. The molecule has 1 aromatic rings. The van der Waals surface area contributed by atoms with Crippen LogP contribution in [-0.4, -0.2) is 5.96 Å². The first-order valence-electron chi connectivity index (χ1n) is 3.32. The molecule has 3 nitrogen and oxygen atoms in total. The molecule has 0 aliphatic rings. The van der Waals surface area contributed by atoms with Crippen LogP contribution >= 0.6 is 0 Å². The Morgan fingerprint density at radius 3 is 3.09 bits per heavy atom. The molecule has 3 heteroatoms. The quantitative estimate of drug-likeness (QED) is 0.421. The third-order valence-electron chi connectivity index (χ3n) is 1.25. The third kappa shape index (κ3) is 2.71. The SMILES string of the molecule is N=C(N)NCc1c[c]ccc1. The number of rotatable bonds is 2. The van der Waals surface area contributed by atoms with Crippen molar-refractivity contribution in [2.45, 2.75) is 6.54 Å². The van der Waals surface area contributed by atoms with Gasteiger partial charge in [-0.15, -0.1) is 0 Å². The molecule has 0 aliphatic heterocycles. The van der Waals surface area contributed by atoms with E-state index < -0.39 is 0 Å². The molecule has 0 saturated carbocycles. The summed E-state index contributed by atoms with van der Waals surface area (Å²) in [6, 6.07) is 10.5. The molecule has 11 heavy (non-hydrogen) atoms. The fourth-order valence-corrected chi connectivity index (χ4v) is 0.738. The largest absolute Gasteiger partial charge is 0.370 e. The molecule has 0 bridgehead atoms. The van der Waals surface area contributed by atoms with Crippen LogP contribution in [0.3, 0.4) is 0 Å². The molecule has 0 saturated heterocycles. The topological polar surface area (TPSA) is 61.9 Å². The van der Waals surface area contributed by atoms with E-state index in [2.05, 4.69) is 11.4 Å². The maximum atomic E-state index is 6.90. The molecule has 0 aliphatic carbocycles. The second-order valence-electron chi connectivity index (χ2n) is 2.18. The van der Waals surface area contributed by atoms with E-state index in [1.807, 2.05) is 24.3 Å². The van der Waals surface area contributed by atoms with Crippen LogP contribution < -0.4 is 11.1 Å². The summed E-state index contributed by atoms with van der Waals surface area (Å²) in [5, 5.41) is 9.60. The Balaban J connectivity index is 2.45. The Bertz CT molecular complexity index is 230. The van der Waals surface area contributed by atoms with Gasteiger partial charge in [0.05, 0.1) is 0 Å². The molecule has 0 aromatic heterocycles. The lowest BCUT2D eigenvalue weighted by Crippen LogP contribution is -2.29. The first kappa shape index (κ1) is 7.60. The maximum absolute atomic E-state index is 6.90. The second kappa shape index (κ2) is 3.61. The summed E-state index contributed by atoms with van der Waals surface area (Å²) in [4.78, 5) is 0. The number of hydrogen-bond donors (Lipinski definition) is 3. The smallest absolute Gasteiger partial charge is 0.185 e. The van der Waals surface area contributed by atoms with E-state index >= 15 is 0 Å². The second-order valence-corrected chi connectivity index (χ2v) is 2.18. The third-order valence-corrected chi connectivity index (χ3v) is 1.25. The van der Waals surface area contributed by atoms with Gasteiger partial charge in [-0.05, 0) is 17.7 Å². The van der Waals surface area contributed by atoms with Crippen molar-refractivity contribution in [1.29, 1.82) is 5.41 Å². The predicted octanol–water partition coefficient (Wildman–Crippen LogP) is 0.470. The van der Waals surface area contributed by atoms with E-state index in [1.165, 1.54) is 0 Å². The van der Waals surface area contributed by atoms with Crippen molar-refractivity contribution in [2.75, 3.05) is 0 Å². The highest BCUT2D eigenvalue weighted by Crippen LogP contribution is 1.95. The van der Waals surface area contributed by atoms with Crippen molar-refractivity contribution in [3.8, 4) is 0 Å². The van der Waals surface area contributed by atoms with Gasteiger partial charge in [-0.2, -0.15) is 0 Å². The summed E-state index contributed by atoms with van der Waals surface area (Å²) >= 11 is 0. The monoisotopic (exact) mass is 148 g/mol. The van der Waals surface area contributed by atoms with Gasteiger partial charge in [0.2, 0.25) is 0 Å². The fraction of sp³-hybridized carbons (Fsp3) is 0.125. The molecule has 4 N–H and O–H groups in total. The first-order valence-corrected chi connectivity index (χ1v) is 3.32. The first-order chi connectivity index (χ1) is 5.29. The normalized spacial score (nSPS) is 9.09. The fourth-order valence-electron chi connectivity index (χ4n) is 0.738. The van der Waals surface area contributed by atoms with Gasteiger partial charge < -0.3 is 11.1 Å². The molecule has 1 aromatic carbocycles. The summed E-state index contributed by atoms with van der Waals surface area (Å²) in [6.07, 6.45) is 0. The molecule has 0 amide bonds. The van der Waals surface area contributed by atoms with Gasteiger partial charge >= 0.3 is 0 Å². The van der Waals surface area contributed by atoms with Gasteiger partial charge in [-0.3, -0.25) is 5.41 Å². The van der Waals surface area contributed by atoms with E-state index in [-0.39, 0.29) is 5.96 Å². The molecular weight excluding hydrogens is 138 g/mol. The average molecular weight is 148 g/mol. The maximum Gasteiger partial charge on any atom is 0.185 e. The van der Waals surface area contributed by atoms with E-state index in [0.717, 1.165) is 5.56 Å². The summed E-state index contributed by atoms with van der Waals surface area (Å²) in [5.74, 6) is -0.00569. The zero-order valence-electron chi connectivity index (χ0n) is 6.09. The Labute approximate surface area is 65.7 Å². The van der Waals surface area contributed by atoms with Crippen molar-refractivity contribution in [1.82, 2.24) is 5.32 Å². The number of nitrogens with one attached hydrogen (secondary N) is 2. The summed E-state index contributed by atoms with van der Waals surface area (Å²) < 4.78 is 0. The van der Waals surface area contributed by atoms with E-state index in [4.69, 9.17) is 11.1 Å². The van der Waals surface area contributed by atoms with E-state index in [1.54, 1.807) is 0 Å². The molecular formula is C8H10N3. The van der Waals surface area contributed by atoms with Crippen molar-refractivity contribution < 1.29 is 0 Å². The van der Waals surface area contributed by atoms with Crippen molar-refractivity contribution >= 4 is 5.96 Å². The number of guanidine groups is 1. The minimum Gasteiger partial charge on any atom is -0.370 e. The van der Waals surface area contributed by atoms with Crippen LogP contribution in [-0.2, 0) is 6.54 Å². The van der Waals surface area contributed by atoms with Crippen LogP contribution in [0, 0.1) is 11.5 Å². The summed E-state index contributed by atoms with van der Waals surface area (Å²) in [5.41, 5.74) is 6.17. The van der Waals surface area contributed by atoms with Gasteiger partial charge in [0.1, 0.15) is 0 Å². The molecule has 0 unspecified atom stereocenters. The van der Waals surface area contributed by atoms with Gasteiger partial charge in [-0.1, -0.05) is 18.2 Å². The molecule has 57 valence electrons. The standard InChI is InChI=1S/C8H10N3/c9-8(10)11-6-7-4-2-1-3-5-7/h1-2,4-5H,6H2,(H4,9,10,11). The van der Waals surface area contributed by atoms with Crippen LogP contribution in [0.25, 0.3) is 0 Å². The zero-order chi connectivity index (χ0) is 8.10. The molecule has 1 radical (unpaired) electrons. The average Bonchev–Trinajstić information content (AvgIpc) is 2.03. The van der Waals surface area contributed by atoms with Crippen molar-refractivity contribution in [2.24, 2.45) is 5.73 Å². The Morgan fingerprint density at radius 1 is 1.73 bits per heavy atom. The number of nitrogens with two attached hydrogens (primary N) is 1. The van der Waals surface area contributed by atoms with Gasteiger partial charge in [0.25, 0.3) is 0 Å². The summed E-state index contributed by atoms with van der Waals surface area (Å²) in [6.45, 7) is 0.590. The summed E-state index contributed by atoms with van der Waals surface area (Å²) in [7, 11) is 0. The molecule has 0 fully saturated rings. The molecule has 1 rings (SSSR count). The minimum atomic E-state index is -0.00569. The minimum absolute atomic E-state index is 0.00569. The van der Waals surface area contributed by atoms with Crippen LogP contribution in [0.2, 0.25) is 0 Å². The molecule has 0 heterocycles. The number of benzene rings is 1. The van der Waals surface area contributed by atoms with Gasteiger partial charge in [-0.25, -0.2) is 0 Å². The lowest BCUT2D eigenvalue weighted by molar-refractivity contribution is 0.896. The van der Waals surface area contributed by atoms with Crippen molar-refractivity contribution in [3.63, 3.8) is 0 Å². The highest BCUT2D eigenvalue weighted by Gasteiger charge is 1.89. The Kier molecular flexibility index (Phi) is 2.49. The predicted molar refractivity (Wildman–Crippen MR) is 44.0 cm³/mol. The van der Waals surface area contributed by atoms with Crippen molar-refractivity contribution in [3.05, 3.63) is 35.9 Å². The Hall–Kier alpha value is -1.51. The molecule has 0 atom stereocenters. The van der Waals surface area contributed by atoms with Gasteiger partial charge in [0, 0.05) is 6.54 Å². The Morgan fingerprint density at radius 2 is 2.55 bits per heavy atom. The van der Waals surface area contributed by atoms with E-state index in [9.17, 15) is 0 Å². The van der Waals surface area contributed by atoms with Crippen LogP contribution in [0.5, 0.6) is 0 Å². The lowest BCUT2D eigenvalue weighted by atomic mass is 10.2. The van der Waals surface area contributed by atoms with Gasteiger partial charge in [0.15, 0.2) is 5.96 Å². The zero-order valence-corrected chi connectivity index (χ0v) is 6.09. The lowest BCUT2D eigenvalue weighted by Gasteiger charge is -2.01. The number of hydrogen-bond acceptors (Lipinski definition) is 1. The van der Waals surface area contributed by atoms with Crippen LogP contribution in [0.4, 0.5) is 0 Å².